The molecule has 5 nitrogen and oxygen atoms in total. The molecule has 3 saturated carbocycles. The van der Waals surface area contributed by atoms with Crippen molar-refractivity contribution in [2.24, 2.45) is 28.6 Å². The average Bonchev–Trinajstić information content (AvgIpc) is 2.96. The molecule has 6 heteroatoms. The van der Waals surface area contributed by atoms with Crippen LogP contribution >= 0.6 is 11.6 Å². The van der Waals surface area contributed by atoms with Crippen molar-refractivity contribution in [1.29, 1.82) is 0 Å². The Bertz CT molecular complexity index is 834. The van der Waals surface area contributed by atoms with E-state index in [1.54, 1.807) is 6.08 Å². The quantitative estimate of drug-likeness (QED) is 0.547. The van der Waals surface area contributed by atoms with E-state index >= 15 is 0 Å². The van der Waals surface area contributed by atoms with Crippen LogP contribution in [0.1, 0.15) is 73.1 Å². The molecule has 180 valence electrons. The molecule has 0 heterocycles. The largest absolute Gasteiger partial charge is 0.391 e. The van der Waals surface area contributed by atoms with E-state index in [-0.39, 0.29) is 30.0 Å². The number of carbonyl (C=O) groups excluding carboxylic acids is 2. The number of aliphatic hydroxyl groups excluding tert-OH is 2. The number of hydrogen-bond donors (Lipinski definition) is 3. The predicted octanol–water partition coefficient (Wildman–Crippen LogP) is 3.97. The number of rotatable bonds is 3. The lowest BCUT2D eigenvalue weighted by Gasteiger charge is -2.63. The van der Waals surface area contributed by atoms with E-state index < -0.39 is 39.8 Å². The molecule has 0 aromatic carbocycles. The van der Waals surface area contributed by atoms with Gasteiger partial charge in [0.1, 0.15) is 12.2 Å². The Kier molecular flexibility index (Phi) is 6.92. The fraction of sp³-hybridized carbons (Fsp3) is 0.769. The Morgan fingerprint density at radius 2 is 1.84 bits per heavy atom. The van der Waals surface area contributed by atoms with Gasteiger partial charge < -0.3 is 15.3 Å². The summed E-state index contributed by atoms with van der Waals surface area (Å²) >= 11 is 7.30. The summed E-state index contributed by atoms with van der Waals surface area (Å²) < 4.78 is 0. The molecule has 3 N–H and O–H groups in total. The molecule has 32 heavy (non-hydrogen) atoms. The van der Waals surface area contributed by atoms with Crippen molar-refractivity contribution >= 4 is 23.2 Å². The van der Waals surface area contributed by atoms with E-state index in [2.05, 4.69) is 13.8 Å². The standard InChI is InChI=1S/C22H29ClO5.C4H10/c1-12-8-16-15-5-4-13-9-14(25)6-7-19(13,2)21(15,23)17(26)10-20(16,3)22(12,28)18(27)11-24;1-3-4-2/h6-7,9,12,15-17,24,26,28H,4-5,8,10-11H2,1-3H3;3-4H2,1-2H3/t12-,15-,16-,17-,19-,20-,21-,22-;/m0./s1. The van der Waals surface area contributed by atoms with E-state index in [4.69, 9.17) is 11.6 Å². The topological polar surface area (TPSA) is 94.8 Å². The summed E-state index contributed by atoms with van der Waals surface area (Å²) in [5.74, 6) is -1.15. The first kappa shape index (κ1) is 25.6. The minimum Gasteiger partial charge on any atom is -0.391 e. The summed E-state index contributed by atoms with van der Waals surface area (Å²) in [5.41, 5.74) is -2.25. The summed E-state index contributed by atoms with van der Waals surface area (Å²) in [4.78, 5) is 23.5. The highest BCUT2D eigenvalue weighted by Crippen LogP contribution is 2.71. The molecule has 0 aromatic rings. The zero-order valence-electron chi connectivity index (χ0n) is 20.0. The molecule has 0 aliphatic heterocycles. The Hall–Kier alpha value is -1.01. The van der Waals surface area contributed by atoms with Crippen molar-refractivity contribution < 1.29 is 24.9 Å². The van der Waals surface area contributed by atoms with E-state index in [0.29, 0.717) is 19.3 Å². The van der Waals surface area contributed by atoms with Crippen molar-refractivity contribution in [2.75, 3.05) is 6.61 Å². The van der Waals surface area contributed by atoms with Gasteiger partial charge in [-0.2, -0.15) is 0 Å². The van der Waals surface area contributed by atoms with Crippen LogP contribution in [0.3, 0.4) is 0 Å². The highest BCUT2D eigenvalue weighted by molar-refractivity contribution is 6.26. The number of unbranched alkanes of at least 4 members (excludes halogenated alkanes) is 1. The van der Waals surface area contributed by atoms with Crippen LogP contribution in [-0.2, 0) is 9.59 Å². The normalized spacial score (nSPS) is 46.9. The molecule has 0 amide bonds. The number of aliphatic hydroxyl groups is 3. The second-order valence-corrected chi connectivity index (χ2v) is 11.4. The Morgan fingerprint density at radius 3 is 2.41 bits per heavy atom. The summed E-state index contributed by atoms with van der Waals surface area (Å²) in [5, 5.41) is 32.3. The van der Waals surface area contributed by atoms with Gasteiger partial charge in [-0.25, -0.2) is 0 Å². The van der Waals surface area contributed by atoms with E-state index in [1.165, 1.54) is 18.9 Å². The lowest BCUT2D eigenvalue weighted by Crippen LogP contribution is -2.69. The van der Waals surface area contributed by atoms with Crippen LogP contribution in [0.25, 0.3) is 0 Å². The van der Waals surface area contributed by atoms with Gasteiger partial charge in [0, 0.05) is 10.8 Å². The number of Topliss-reactive ketones (excluding diaryl/α,β-unsaturated/α-hetero) is 1. The molecule has 8 atom stereocenters. The van der Waals surface area contributed by atoms with Crippen molar-refractivity contribution in [3.8, 4) is 0 Å². The van der Waals surface area contributed by atoms with Crippen molar-refractivity contribution in [3.05, 3.63) is 23.8 Å². The predicted molar refractivity (Wildman–Crippen MR) is 125 cm³/mol. The first-order valence-corrected chi connectivity index (χ1v) is 12.4. The summed E-state index contributed by atoms with van der Waals surface area (Å²) in [6, 6.07) is 0. The highest BCUT2D eigenvalue weighted by atomic mass is 35.5. The summed E-state index contributed by atoms with van der Waals surface area (Å²) in [6.45, 7) is 9.33. The molecule has 0 saturated heterocycles. The number of halogens is 1. The minimum atomic E-state index is -1.68. The monoisotopic (exact) mass is 466 g/mol. The number of allylic oxidation sites excluding steroid dienone is 4. The highest BCUT2D eigenvalue weighted by Gasteiger charge is 2.74. The van der Waals surface area contributed by atoms with Gasteiger partial charge in [0.25, 0.3) is 0 Å². The molecule has 0 bridgehead atoms. The van der Waals surface area contributed by atoms with Gasteiger partial charge in [0.2, 0.25) is 0 Å². The second-order valence-electron chi connectivity index (χ2n) is 10.7. The molecule has 0 unspecified atom stereocenters. The van der Waals surface area contributed by atoms with Gasteiger partial charge in [-0.05, 0) is 55.6 Å². The number of hydrogen-bond acceptors (Lipinski definition) is 5. The van der Waals surface area contributed by atoms with Crippen molar-refractivity contribution in [2.45, 2.75) is 89.7 Å². The molecular formula is C26H39ClO5. The average molecular weight is 467 g/mol. The van der Waals surface area contributed by atoms with Gasteiger partial charge in [-0.1, -0.05) is 59.1 Å². The number of ketones is 2. The molecule has 0 radical (unpaired) electrons. The van der Waals surface area contributed by atoms with E-state index in [0.717, 1.165) is 5.57 Å². The third-order valence-corrected chi connectivity index (χ3v) is 10.2. The van der Waals surface area contributed by atoms with E-state index in [1.807, 2.05) is 26.8 Å². The lowest BCUT2D eigenvalue weighted by atomic mass is 9.45. The molecule has 4 aliphatic rings. The fourth-order valence-corrected chi connectivity index (χ4v) is 7.78. The summed E-state index contributed by atoms with van der Waals surface area (Å²) in [7, 11) is 0. The third-order valence-electron chi connectivity index (χ3n) is 9.29. The van der Waals surface area contributed by atoms with Crippen LogP contribution in [0, 0.1) is 28.6 Å². The molecule has 0 spiro atoms. The van der Waals surface area contributed by atoms with Crippen LogP contribution in [0.5, 0.6) is 0 Å². The number of fused-ring (bicyclic) bond motifs is 5. The second kappa shape index (κ2) is 8.65. The SMILES string of the molecule is CCCC.C[C@H]1C[C@H]2[C@@H]3CCC4=CC(=O)C=C[C@]4(C)[C@@]3(Cl)[C@@H](O)C[C@]2(C)[C@@]1(O)C(=O)CO. The maximum absolute atomic E-state index is 12.6. The minimum absolute atomic E-state index is 0.0567. The maximum Gasteiger partial charge on any atom is 0.190 e. The zero-order valence-corrected chi connectivity index (χ0v) is 20.8. The van der Waals surface area contributed by atoms with Crippen LogP contribution in [-0.4, -0.2) is 50.1 Å². The van der Waals surface area contributed by atoms with Crippen LogP contribution in [0.4, 0.5) is 0 Å². The van der Waals surface area contributed by atoms with E-state index in [9.17, 15) is 24.9 Å². The zero-order chi connectivity index (χ0) is 24.1. The molecule has 0 aromatic heterocycles. The van der Waals surface area contributed by atoms with Gasteiger partial charge in [-0.3, -0.25) is 9.59 Å². The van der Waals surface area contributed by atoms with Gasteiger partial charge in [0.05, 0.1) is 11.0 Å². The van der Waals surface area contributed by atoms with Gasteiger partial charge in [0.15, 0.2) is 11.6 Å². The maximum atomic E-state index is 12.6. The first-order chi connectivity index (χ1) is 14.9. The molecule has 4 aliphatic carbocycles. The van der Waals surface area contributed by atoms with Crippen molar-refractivity contribution in [3.63, 3.8) is 0 Å². The van der Waals surface area contributed by atoms with Gasteiger partial charge in [-0.15, -0.1) is 11.6 Å². The molecular weight excluding hydrogens is 428 g/mol. The smallest absolute Gasteiger partial charge is 0.190 e. The molecule has 3 fully saturated rings. The van der Waals surface area contributed by atoms with Gasteiger partial charge >= 0.3 is 0 Å². The lowest BCUT2D eigenvalue weighted by molar-refractivity contribution is -0.179. The van der Waals surface area contributed by atoms with Crippen LogP contribution in [0.15, 0.2) is 23.8 Å². The first-order valence-electron chi connectivity index (χ1n) is 12.1. The fourth-order valence-electron chi connectivity index (χ4n) is 7.26. The van der Waals surface area contributed by atoms with Crippen molar-refractivity contribution in [1.82, 2.24) is 0 Å². The Labute approximate surface area is 196 Å². The number of alkyl halides is 1. The third kappa shape index (κ3) is 3.22. The Morgan fingerprint density at radius 1 is 1.22 bits per heavy atom. The Balaban J connectivity index is 0.000000668. The number of carbonyl (C=O) groups is 2. The molecule has 4 rings (SSSR count). The van der Waals surface area contributed by atoms with Crippen LogP contribution < -0.4 is 0 Å². The van der Waals surface area contributed by atoms with Crippen LogP contribution in [0.2, 0.25) is 0 Å². The summed E-state index contributed by atoms with van der Waals surface area (Å²) in [6.07, 6.45) is 8.86.